The quantitative estimate of drug-likeness (QED) is 0.589. The zero-order chi connectivity index (χ0) is 17.1. The Labute approximate surface area is 136 Å². The molecule has 0 aliphatic carbocycles. The van der Waals surface area contributed by atoms with E-state index < -0.39 is 10.5 Å². The molecule has 7 nitrogen and oxygen atoms in total. The van der Waals surface area contributed by atoms with Crippen LogP contribution in [0.3, 0.4) is 0 Å². The molecule has 0 saturated carbocycles. The maximum atomic E-state index is 12.2. The average molecular weight is 318 g/mol. The molecule has 1 N–H and O–H groups in total. The number of nitro benzene ring substituents is 1. The molecule has 0 atom stereocenters. The summed E-state index contributed by atoms with van der Waals surface area (Å²) in [6, 6.07) is 16.4. The van der Waals surface area contributed by atoms with Crippen molar-refractivity contribution in [2.75, 3.05) is 0 Å². The Morgan fingerprint density at radius 3 is 2.29 bits per heavy atom. The van der Waals surface area contributed by atoms with Gasteiger partial charge in [0.1, 0.15) is 17.5 Å². The number of aromatic amines is 1. The van der Waals surface area contributed by atoms with Gasteiger partial charge in [0, 0.05) is 23.3 Å². The number of benzene rings is 2. The van der Waals surface area contributed by atoms with Gasteiger partial charge in [0.05, 0.1) is 10.6 Å². The Balaban J connectivity index is 2.19. The summed E-state index contributed by atoms with van der Waals surface area (Å²) in [7, 11) is 0. The van der Waals surface area contributed by atoms with Crippen LogP contribution in [-0.4, -0.2) is 14.9 Å². The van der Waals surface area contributed by atoms with Gasteiger partial charge in [0.15, 0.2) is 0 Å². The summed E-state index contributed by atoms with van der Waals surface area (Å²) in [5.41, 5.74) is 0.575. The lowest BCUT2D eigenvalue weighted by atomic mass is 10.1. The fourth-order valence-corrected chi connectivity index (χ4v) is 2.26. The molecule has 0 amide bonds. The monoisotopic (exact) mass is 318 g/mol. The molecule has 0 unspecified atom stereocenters. The molecule has 0 fully saturated rings. The van der Waals surface area contributed by atoms with Gasteiger partial charge in [-0.15, -0.1) is 0 Å². The number of aromatic nitrogens is 2. The number of nitrogens with zero attached hydrogens (tertiary/aromatic N) is 3. The number of hydrogen-bond donors (Lipinski definition) is 1. The predicted molar refractivity (Wildman–Crippen MR) is 87.1 cm³/mol. The number of nitro groups is 1. The minimum Gasteiger partial charge on any atom is -0.305 e. The third-order valence-electron chi connectivity index (χ3n) is 3.43. The summed E-state index contributed by atoms with van der Waals surface area (Å²) in [6.07, 6.45) is 0. The first-order valence-corrected chi connectivity index (χ1v) is 6.95. The van der Waals surface area contributed by atoms with E-state index in [0.29, 0.717) is 17.0 Å². The van der Waals surface area contributed by atoms with E-state index in [1.807, 2.05) is 12.1 Å². The molecular weight excluding hydrogens is 308 g/mol. The van der Waals surface area contributed by atoms with Gasteiger partial charge in [0.25, 0.3) is 11.2 Å². The van der Waals surface area contributed by atoms with Crippen molar-refractivity contribution in [3.8, 4) is 28.7 Å². The number of nitriles is 1. The minimum absolute atomic E-state index is 0.0784. The van der Waals surface area contributed by atoms with Crippen LogP contribution >= 0.6 is 0 Å². The summed E-state index contributed by atoms with van der Waals surface area (Å²) in [6.45, 7) is 0. The first kappa shape index (κ1) is 15.1. The van der Waals surface area contributed by atoms with E-state index in [2.05, 4.69) is 9.97 Å². The molecule has 1 aromatic heterocycles. The fourth-order valence-electron chi connectivity index (χ4n) is 2.26. The largest absolute Gasteiger partial charge is 0.305 e. The van der Waals surface area contributed by atoms with Crippen LogP contribution in [0, 0.1) is 21.4 Å². The molecule has 0 aliphatic rings. The first-order chi connectivity index (χ1) is 11.6. The van der Waals surface area contributed by atoms with Crippen molar-refractivity contribution in [1.29, 1.82) is 5.26 Å². The van der Waals surface area contributed by atoms with Crippen molar-refractivity contribution >= 4 is 5.69 Å². The molecule has 2 aromatic carbocycles. The second-order valence-electron chi connectivity index (χ2n) is 4.92. The number of rotatable bonds is 3. The van der Waals surface area contributed by atoms with Crippen molar-refractivity contribution in [2.24, 2.45) is 0 Å². The van der Waals surface area contributed by atoms with Crippen LogP contribution in [-0.2, 0) is 0 Å². The Kier molecular flexibility index (Phi) is 3.87. The zero-order valence-corrected chi connectivity index (χ0v) is 12.3. The first-order valence-electron chi connectivity index (χ1n) is 6.95. The Bertz CT molecular complexity index is 1000. The van der Waals surface area contributed by atoms with Crippen LogP contribution in [0.5, 0.6) is 0 Å². The van der Waals surface area contributed by atoms with Crippen LogP contribution < -0.4 is 5.56 Å². The molecule has 0 radical (unpaired) electrons. The van der Waals surface area contributed by atoms with Gasteiger partial charge in [-0.1, -0.05) is 30.3 Å². The van der Waals surface area contributed by atoms with Gasteiger partial charge in [-0.05, 0) is 12.1 Å². The number of nitrogens with one attached hydrogen (secondary N) is 1. The van der Waals surface area contributed by atoms with E-state index >= 15 is 0 Å². The van der Waals surface area contributed by atoms with Gasteiger partial charge in [-0.25, -0.2) is 4.98 Å². The standard InChI is InChI=1S/C17H10N4O3/c18-10-14-15(11-6-8-13(9-7-11)21(23)24)19-16(20-17(14)22)12-4-2-1-3-5-12/h1-9H,(H,19,20,22). The highest BCUT2D eigenvalue weighted by atomic mass is 16.6. The molecule has 0 aliphatic heterocycles. The average Bonchev–Trinajstić information content (AvgIpc) is 2.62. The number of non-ortho nitro benzene ring substituents is 1. The van der Waals surface area contributed by atoms with Crippen LogP contribution in [0.15, 0.2) is 59.4 Å². The highest BCUT2D eigenvalue weighted by molar-refractivity contribution is 5.69. The van der Waals surface area contributed by atoms with E-state index in [4.69, 9.17) is 0 Å². The van der Waals surface area contributed by atoms with E-state index in [0.717, 1.165) is 0 Å². The van der Waals surface area contributed by atoms with Crippen LogP contribution in [0.25, 0.3) is 22.6 Å². The van der Waals surface area contributed by atoms with Crippen molar-refractivity contribution in [2.45, 2.75) is 0 Å². The van der Waals surface area contributed by atoms with E-state index in [1.54, 1.807) is 24.3 Å². The van der Waals surface area contributed by atoms with Crippen molar-refractivity contribution in [1.82, 2.24) is 9.97 Å². The Morgan fingerprint density at radius 1 is 1.04 bits per heavy atom. The smallest absolute Gasteiger partial charge is 0.269 e. The summed E-state index contributed by atoms with van der Waals surface area (Å²) in [5.74, 6) is 0.327. The Morgan fingerprint density at radius 2 is 1.71 bits per heavy atom. The molecule has 3 rings (SSSR count). The van der Waals surface area contributed by atoms with Crippen molar-refractivity contribution < 1.29 is 4.92 Å². The lowest BCUT2D eigenvalue weighted by molar-refractivity contribution is -0.384. The minimum atomic E-state index is -0.556. The van der Waals surface area contributed by atoms with E-state index in [1.165, 1.54) is 24.3 Å². The highest BCUT2D eigenvalue weighted by Gasteiger charge is 2.15. The molecule has 3 aromatic rings. The highest BCUT2D eigenvalue weighted by Crippen LogP contribution is 2.24. The van der Waals surface area contributed by atoms with Crippen LogP contribution in [0.1, 0.15) is 5.56 Å². The topological polar surface area (TPSA) is 113 Å². The molecule has 116 valence electrons. The summed E-state index contributed by atoms with van der Waals surface area (Å²) in [5, 5.41) is 20.0. The van der Waals surface area contributed by atoms with E-state index in [-0.39, 0.29) is 16.9 Å². The molecule has 0 saturated heterocycles. The molecule has 0 bridgehead atoms. The SMILES string of the molecule is N#Cc1c(-c2ccc([N+](=O)[O-])cc2)nc(-c2ccccc2)[nH]c1=O. The van der Waals surface area contributed by atoms with E-state index in [9.17, 15) is 20.2 Å². The molecule has 24 heavy (non-hydrogen) atoms. The zero-order valence-electron chi connectivity index (χ0n) is 12.3. The van der Waals surface area contributed by atoms with Gasteiger partial charge < -0.3 is 4.98 Å². The number of hydrogen-bond acceptors (Lipinski definition) is 5. The fraction of sp³-hybridized carbons (Fsp3) is 0. The van der Waals surface area contributed by atoms with Gasteiger partial charge in [0.2, 0.25) is 0 Å². The Hall–Kier alpha value is -3.79. The van der Waals surface area contributed by atoms with Gasteiger partial charge in [-0.2, -0.15) is 5.26 Å². The lowest BCUT2D eigenvalue weighted by Crippen LogP contribution is -2.15. The second-order valence-corrected chi connectivity index (χ2v) is 4.92. The normalized spacial score (nSPS) is 10.1. The van der Waals surface area contributed by atoms with Gasteiger partial charge >= 0.3 is 0 Å². The molecule has 0 spiro atoms. The maximum Gasteiger partial charge on any atom is 0.269 e. The predicted octanol–water partition coefficient (Wildman–Crippen LogP) is 2.88. The third kappa shape index (κ3) is 2.76. The van der Waals surface area contributed by atoms with Crippen molar-refractivity contribution in [3.05, 3.63) is 80.6 Å². The summed E-state index contributed by atoms with van der Waals surface area (Å²) in [4.78, 5) is 29.4. The summed E-state index contributed by atoms with van der Waals surface area (Å²) < 4.78 is 0. The molecular formula is C17H10N4O3. The van der Waals surface area contributed by atoms with Gasteiger partial charge in [-0.3, -0.25) is 14.9 Å². The van der Waals surface area contributed by atoms with Crippen molar-refractivity contribution in [3.63, 3.8) is 0 Å². The lowest BCUT2D eigenvalue weighted by Gasteiger charge is -2.06. The maximum absolute atomic E-state index is 12.2. The number of H-pyrrole nitrogens is 1. The van der Waals surface area contributed by atoms with Crippen LogP contribution in [0.4, 0.5) is 5.69 Å². The summed E-state index contributed by atoms with van der Waals surface area (Å²) >= 11 is 0. The molecule has 7 heteroatoms. The van der Waals surface area contributed by atoms with Crippen LogP contribution in [0.2, 0.25) is 0 Å². The third-order valence-corrected chi connectivity index (χ3v) is 3.43. The second kappa shape index (κ2) is 6.14. The molecule has 1 heterocycles.